The SMILES string of the molecule is CCCc1ccccc1S(=O)(=O)Nc1ccc(CC)c(OCCN2C(=O)c3ccccc3C2=O)c1C(=O)OC. The minimum Gasteiger partial charge on any atom is -0.490 e. The lowest BCUT2D eigenvalue weighted by Crippen LogP contribution is -2.33. The van der Waals surface area contributed by atoms with Gasteiger partial charge in [0.25, 0.3) is 21.8 Å². The first-order valence-electron chi connectivity index (χ1n) is 12.7. The van der Waals surface area contributed by atoms with Crippen LogP contribution < -0.4 is 9.46 Å². The molecule has 0 saturated carbocycles. The summed E-state index contributed by atoms with van der Waals surface area (Å²) in [6.45, 7) is 3.65. The van der Waals surface area contributed by atoms with Crippen LogP contribution in [0.4, 0.5) is 5.69 Å². The molecule has 10 heteroatoms. The molecule has 0 spiro atoms. The lowest BCUT2D eigenvalue weighted by atomic mass is 10.0. The summed E-state index contributed by atoms with van der Waals surface area (Å²) < 4.78 is 40.3. The van der Waals surface area contributed by atoms with Crippen molar-refractivity contribution in [2.75, 3.05) is 25.0 Å². The molecule has 4 rings (SSSR count). The number of benzene rings is 3. The van der Waals surface area contributed by atoms with Crippen LogP contribution >= 0.6 is 0 Å². The van der Waals surface area contributed by atoms with Crippen LogP contribution in [0.15, 0.2) is 65.6 Å². The highest BCUT2D eigenvalue weighted by Gasteiger charge is 2.35. The number of aryl methyl sites for hydroxylation is 2. The van der Waals surface area contributed by atoms with Gasteiger partial charge in [-0.1, -0.05) is 56.7 Å². The number of ether oxygens (including phenoxy) is 2. The molecule has 0 atom stereocenters. The molecule has 1 heterocycles. The smallest absolute Gasteiger partial charge is 0.343 e. The van der Waals surface area contributed by atoms with Crippen LogP contribution in [0.5, 0.6) is 5.75 Å². The molecular weight excluding hydrogens is 520 g/mol. The molecular formula is C29H30N2O7S. The highest BCUT2D eigenvalue weighted by molar-refractivity contribution is 7.92. The highest BCUT2D eigenvalue weighted by Crippen LogP contribution is 2.34. The summed E-state index contributed by atoms with van der Waals surface area (Å²) in [5.41, 5.74) is 1.86. The number of nitrogens with zero attached hydrogens (tertiary/aromatic N) is 1. The largest absolute Gasteiger partial charge is 0.490 e. The number of hydrogen-bond donors (Lipinski definition) is 1. The molecule has 0 aromatic heterocycles. The molecule has 0 fully saturated rings. The second kappa shape index (κ2) is 11.7. The summed E-state index contributed by atoms with van der Waals surface area (Å²) >= 11 is 0. The number of carbonyl (C=O) groups is 3. The number of esters is 1. The third-order valence-electron chi connectivity index (χ3n) is 6.47. The molecule has 204 valence electrons. The highest BCUT2D eigenvalue weighted by atomic mass is 32.2. The number of nitrogens with one attached hydrogen (secondary N) is 1. The van der Waals surface area contributed by atoms with Crippen molar-refractivity contribution in [3.05, 3.63) is 88.5 Å². The normalized spacial score (nSPS) is 12.8. The van der Waals surface area contributed by atoms with E-state index in [2.05, 4.69) is 4.72 Å². The maximum atomic E-state index is 13.4. The zero-order valence-corrected chi connectivity index (χ0v) is 22.8. The Morgan fingerprint density at radius 3 is 2.15 bits per heavy atom. The quantitative estimate of drug-likeness (QED) is 0.276. The van der Waals surface area contributed by atoms with Crippen molar-refractivity contribution in [1.29, 1.82) is 0 Å². The maximum absolute atomic E-state index is 13.4. The Kier molecular flexibility index (Phi) is 8.35. The van der Waals surface area contributed by atoms with Crippen LogP contribution in [-0.4, -0.2) is 51.4 Å². The number of fused-ring (bicyclic) bond motifs is 1. The van der Waals surface area contributed by atoms with Gasteiger partial charge in [-0.25, -0.2) is 13.2 Å². The first-order chi connectivity index (χ1) is 18.7. The Morgan fingerprint density at radius 2 is 1.54 bits per heavy atom. The number of imide groups is 1. The summed E-state index contributed by atoms with van der Waals surface area (Å²) in [5.74, 6) is -1.51. The van der Waals surface area contributed by atoms with Gasteiger partial charge in [-0.2, -0.15) is 0 Å². The van der Waals surface area contributed by atoms with E-state index in [1.165, 1.54) is 19.2 Å². The standard InChI is InChI=1S/C29H30N2O7S/c1-4-10-20-11-6-9-14-24(20)39(35,36)30-23-16-15-19(5-2)26(25(23)29(34)37-3)38-18-17-31-27(32)21-12-7-8-13-22(21)28(31)33/h6-9,11-16,30H,4-5,10,17-18H2,1-3H3. The van der Waals surface area contributed by atoms with E-state index in [0.29, 0.717) is 35.1 Å². The Morgan fingerprint density at radius 1 is 0.897 bits per heavy atom. The topological polar surface area (TPSA) is 119 Å². The predicted molar refractivity (Wildman–Crippen MR) is 146 cm³/mol. The second-order valence-corrected chi connectivity index (χ2v) is 10.6. The molecule has 0 saturated heterocycles. The molecule has 3 aromatic rings. The molecule has 1 aliphatic rings. The van der Waals surface area contributed by atoms with Crippen molar-refractivity contribution in [3.8, 4) is 5.75 Å². The summed E-state index contributed by atoms with van der Waals surface area (Å²) in [5, 5.41) is 0. The van der Waals surface area contributed by atoms with E-state index >= 15 is 0 Å². The van der Waals surface area contributed by atoms with Gasteiger partial charge in [0.15, 0.2) is 0 Å². The number of methoxy groups -OCH3 is 1. The summed E-state index contributed by atoms with van der Waals surface area (Å²) in [7, 11) is -2.86. The molecule has 2 amide bonds. The average Bonchev–Trinajstić information content (AvgIpc) is 3.18. The van der Waals surface area contributed by atoms with Gasteiger partial charge in [0.2, 0.25) is 0 Å². The van der Waals surface area contributed by atoms with Crippen molar-refractivity contribution < 1.29 is 32.3 Å². The van der Waals surface area contributed by atoms with Crippen molar-refractivity contribution in [2.45, 2.75) is 38.0 Å². The zero-order chi connectivity index (χ0) is 28.2. The van der Waals surface area contributed by atoms with Crippen LogP contribution in [0.25, 0.3) is 0 Å². The molecule has 39 heavy (non-hydrogen) atoms. The first-order valence-corrected chi connectivity index (χ1v) is 14.1. The van der Waals surface area contributed by atoms with Crippen LogP contribution in [0.3, 0.4) is 0 Å². The van der Waals surface area contributed by atoms with Gasteiger partial charge < -0.3 is 9.47 Å². The van der Waals surface area contributed by atoms with Gasteiger partial charge in [-0.05, 0) is 48.2 Å². The van der Waals surface area contributed by atoms with Gasteiger partial charge in [0.05, 0.1) is 35.4 Å². The minimum atomic E-state index is -4.06. The Bertz CT molecular complexity index is 1500. The van der Waals surface area contributed by atoms with Crippen LogP contribution in [0.2, 0.25) is 0 Å². The zero-order valence-electron chi connectivity index (χ0n) is 22.0. The van der Waals surface area contributed by atoms with Crippen LogP contribution in [0.1, 0.15) is 62.5 Å². The molecule has 1 aliphatic heterocycles. The van der Waals surface area contributed by atoms with E-state index in [-0.39, 0.29) is 35.0 Å². The van der Waals surface area contributed by atoms with Crippen molar-refractivity contribution >= 4 is 33.5 Å². The molecule has 1 N–H and O–H groups in total. The third kappa shape index (κ3) is 5.51. The van der Waals surface area contributed by atoms with E-state index < -0.39 is 27.8 Å². The van der Waals surface area contributed by atoms with Crippen LogP contribution in [-0.2, 0) is 27.6 Å². The minimum absolute atomic E-state index is 0.00100. The number of hydrogen-bond acceptors (Lipinski definition) is 7. The van der Waals surface area contributed by atoms with Crippen molar-refractivity contribution in [3.63, 3.8) is 0 Å². The van der Waals surface area contributed by atoms with E-state index in [1.807, 2.05) is 13.8 Å². The number of anilines is 1. The molecule has 0 unspecified atom stereocenters. The number of rotatable bonds is 11. The van der Waals surface area contributed by atoms with Crippen molar-refractivity contribution in [1.82, 2.24) is 4.90 Å². The van der Waals surface area contributed by atoms with E-state index in [4.69, 9.17) is 9.47 Å². The fourth-order valence-electron chi connectivity index (χ4n) is 4.58. The van der Waals surface area contributed by atoms with E-state index in [9.17, 15) is 22.8 Å². The molecule has 3 aromatic carbocycles. The molecule has 0 bridgehead atoms. The Hall–Kier alpha value is -4.18. The number of sulfonamides is 1. The fourth-order valence-corrected chi connectivity index (χ4v) is 5.92. The van der Waals surface area contributed by atoms with Crippen molar-refractivity contribution in [2.24, 2.45) is 0 Å². The summed E-state index contributed by atoms with van der Waals surface area (Å²) in [6, 6.07) is 16.4. The van der Waals surface area contributed by atoms with E-state index in [0.717, 1.165) is 11.3 Å². The lowest BCUT2D eigenvalue weighted by molar-refractivity contribution is 0.0583. The summed E-state index contributed by atoms with van der Waals surface area (Å²) in [6.07, 6.45) is 1.80. The monoisotopic (exact) mass is 550 g/mol. The molecule has 9 nitrogen and oxygen atoms in total. The maximum Gasteiger partial charge on any atom is 0.343 e. The third-order valence-corrected chi connectivity index (χ3v) is 7.94. The van der Waals surface area contributed by atoms with Gasteiger partial charge in [-0.15, -0.1) is 0 Å². The average molecular weight is 551 g/mol. The van der Waals surface area contributed by atoms with Gasteiger partial charge in [0.1, 0.15) is 17.9 Å². The fraction of sp³-hybridized carbons (Fsp3) is 0.276. The first kappa shape index (κ1) is 27.8. The molecule has 0 radical (unpaired) electrons. The van der Waals surface area contributed by atoms with Gasteiger partial charge in [-0.3, -0.25) is 19.2 Å². The number of carbonyl (C=O) groups excluding carboxylic acids is 3. The van der Waals surface area contributed by atoms with Gasteiger partial charge in [0, 0.05) is 0 Å². The predicted octanol–water partition coefficient (Wildman–Crippen LogP) is 4.46. The second-order valence-electron chi connectivity index (χ2n) is 8.94. The Labute approximate surface area is 227 Å². The van der Waals surface area contributed by atoms with E-state index in [1.54, 1.807) is 48.5 Å². The molecule has 0 aliphatic carbocycles. The summed E-state index contributed by atoms with van der Waals surface area (Å²) in [4.78, 5) is 39.6. The lowest BCUT2D eigenvalue weighted by Gasteiger charge is -2.20. The number of amides is 2. The van der Waals surface area contributed by atoms with Gasteiger partial charge >= 0.3 is 5.97 Å². The van der Waals surface area contributed by atoms with Crippen LogP contribution in [0, 0.1) is 0 Å². The Balaban J connectivity index is 1.64.